The quantitative estimate of drug-likeness (QED) is 0.327. The number of hydrogen-bond donors (Lipinski definition) is 2. The number of hydrogen-bond acceptors (Lipinski definition) is 3. The highest BCUT2D eigenvalue weighted by Crippen LogP contribution is 2.30. The van der Waals surface area contributed by atoms with Gasteiger partial charge in [0.2, 0.25) is 0 Å². The van der Waals surface area contributed by atoms with E-state index in [1.807, 2.05) is 18.2 Å². The normalized spacial score (nSPS) is 11.5. The van der Waals surface area contributed by atoms with E-state index >= 15 is 0 Å². The lowest BCUT2D eigenvalue weighted by Crippen LogP contribution is -2.20. The summed E-state index contributed by atoms with van der Waals surface area (Å²) in [5.74, 6) is -0.349. The fourth-order valence-electron chi connectivity index (χ4n) is 3.03. The molecule has 0 aliphatic carbocycles. The molecular weight excluding hydrogens is 511 g/mol. The van der Waals surface area contributed by atoms with Gasteiger partial charge >= 0.3 is 0 Å². The summed E-state index contributed by atoms with van der Waals surface area (Å²) in [7, 11) is 0. The molecule has 1 unspecified atom stereocenters. The van der Waals surface area contributed by atoms with Crippen LogP contribution in [-0.4, -0.2) is 18.4 Å². The Labute approximate surface area is 205 Å². The minimum atomic E-state index is -0.569. The highest BCUT2D eigenvalue weighted by atomic mass is 79.9. The van der Waals surface area contributed by atoms with Crippen molar-refractivity contribution in [3.8, 4) is 5.75 Å². The van der Waals surface area contributed by atoms with E-state index in [0.717, 1.165) is 10.9 Å². The summed E-state index contributed by atoms with van der Waals surface area (Å²) in [4.78, 5) is 24.9. The van der Waals surface area contributed by atoms with Crippen LogP contribution in [0.15, 0.2) is 65.1 Å². The molecular formula is C25H23BrClFN2O3. The van der Waals surface area contributed by atoms with Crippen LogP contribution < -0.4 is 15.4 Å². The van der Waals surface area contributed by atoms with Crippen LogP contribution in [0.25, 0.3) is 0 Å². The van der Waals surface area contributed by atoms with Crippen LogP contribution in [0, 0.1) is 5.82 Å². The monoisotopic (exact) mass is 532 g/mol. The lowest BCUT2D eigenvalue weighted by molar-refractivity contribution is -0.118. The molecule has 0 saturated carbocycles. The molecule has 0 aliphatic rings. The van der Waals surface area contributed by atoms with Crippen LogP contribution in [0.1, 0.15) is 42.1 Å². The number of benzene rings is 3. The van der Waals surface area contributed by atoms with E-state index in [4.69, 9.17) is 16.3 Å². The summed E-state index contributed by atoms with van der Waals surface area (Å²) in [6.07, 6.45) is 1.03. The van der Waals surface area contributed by atoms with Crippen molar-refractivity contribution in [1.29, 1.82) is 0 Å². The zero-order valence-electron chi connectivity index (χ0n) is 18.1. The molecule has 33 heavy (non-hydrogen) atoms. The topological polar surface area (TPSA) is 67.4 Å². The third-order valence-corrected chi connectivity index (χ3v) is 5.99. The van der Waals surface area contributed by atoms with Crippen molar-refractivity contribution in [2.75, 3.05) is 17.2 Å². The van der Waals surface area contributed by atoms with Crippen LogP contribution >= 0.6 is 27.5 Å². The maximum absolute atomic E-state index is 13.3. The van der Waals surface area contributed by atoms with Crippen molar-refractivity contribution >= 4 is 50.7 Å². The third kappa shape index (κ3) is 6.79. The van der Waals surface area contributed by atoms with Gasteiger partial charge in [0.05, 0.1) is 9.50 Å². The van der Waals surface area contributed by atoms with Crippen molar-refractivity contribution in [3.63, 3.8) is 0 Å². The number of amides is 2. The van der Waals surface area contributed by atoms with E-state index in [-0.39, 0.29) is 17.5 Å². The molecule has 2 amide bonds. The number of carbonyl (C=O) groups is 2. The van der Waals surface area contributed by atoms with E-state index in [1.165, 1.54) is 29.8 Å². The van der Waals surface area contributed by atoms with Gasteiger partial charge in [-0.1, -0.05) is 37.6 Å². The molecule has 0 aromatic heterocycles. The average Bonchev–Trinajstić information content (AvgIpc) is 2.80. The number of rotatable bonds is 8. The van der Waals surface area contributed by atoms with Gasteiger partial charge in [0.1, 0.15) is 11.6 Å². The second kappa shape index (κ2) is 11.3. The van der Waals surface area contributed by atoms with E-state index in [0.29, 0.717) is 28.6 Å². The van der Waals surface area contributed by atoms with Crippen LogP contribution in [0.5, 0.6) is 5.75 Å². The zero-order valence-corrected chi connectivity index (χ0v) is 20.5. The summed E-state index contributed by atoms with van der Waals surface area (Å²) in [5, 5.41) is 5.27. The Morgan fingerprint density at radius 2 is 1.82 bits per heavy atom. The summed E-state index contributed by atoms with van der Waals surface area (Å²) in [5.41, 5.74) is 2.32. The number of ether oxygens (including phenoxy) is 1. The molecule has 172 valence electrons. The molecule has 8 heteroatoms. The van der Waals surface area contributed by atoms with Gasteiger partial charge in [0.25, 0.3) is 11.8 Å². The fourth-order valence-corrected chi connectivity index (χ4v) is 3.72. The SMILES string of the molecule is CCC(C)c1ccc(OCC(=O)Nc2cccc(C(=O)Nc3ccc(F)c(Cl)c3)c2)c(Br)c1. The van der Waals surface area contributed by atoms with Gasteiger partial charge < -0.3 is 15.4 Å². The number of nitrogens with one attached hydrogen (secondary N) is 2. The summed E-state index contributed by atoms with van der Waals surface area (Å²) < 4.78 is 19.7. The van der Waals surface area contributed by atoms with Crippen molar-refractivity contribution in [3.05, 3.63) is 87.1 Å². The van der Waals surface area contributed by atoms with Crippen molar-refractivity contribution in [1.82, 2.24) is 0 Å². The molecule has 0 radical (unpaired) electrons. The minimum Gasteiger partial charge on any atom is -0.483 e. The smallest absolute Gasteiger partial charge is 0.262 e. The molecule has 3 rings (SSSR count). The Morgan fingerprint density at radius 1 is 1.06 bits per heavy atom. The van der Waals surface area contributed by atoms with E-state index in [9.17, 15) is 14.0 Å². The van der Waals surface area contributed by atoms with Crippen molar-refractivity contribution in [2.24, 2.45) is 0 Å². The van der Waals surface area contributed by atoms with Gasteiger partial charge in [-0.15, -0.1) is 0 Å². The lowest BCUT2D eigenvalue weighted by Gasteiger charge is -2.13. The summed E-state index contributed by atoms with van der Waals surface area (Å²) >= 11 is 9.24. The number of anilines is 2. The Kier molecular flexibility index (Phi) is 8.47. The predicted octanol–water partition coefficient (Wildman–Crippen LogP) is 7.02. The first-order chi connectivity index (χ1) is 15.8. The Bertz CT molecular complexity index is 1170. The van der Waals surface area contributed by atoms with E-state index in [2.05, 4.69) is 40.4 Å². The van der Waals surface area contributed by atoms with Crippen molar-refractivity contribution in [2.45, 2.75) is 26.2 Å². The third-order valence-electron chi connectivity index (χ3n) is 5.08. The molecule has 2 N–H and O–H groups in total. The van der Waals surface area contributed by atoms with E-state index < -0.39 is 11.7 Å². The molecule has 5 nitrogen and oxygen atoms in total. The van der Waals surface area contributed by atoms with Crippen molar-refractivity contribution < 1.29 is 18.7 Å². The molecule has 1 atom stereocenters. The predicted molar refractivity (Wildman–Crippen MR) is 133 cm³/mol. The van der Waals surface area contributed by atoms with Gasteiger partial charge in [-0.3, -0.25) is 9.59 Å². The Morgan fingerprint density at radius 3 is 2.52 bits per heavy atom. The fraction of sp³-hybridized carbons (Fsp3) is 0.200. The van der Waals surface area contributed by atoms with Gasteiger partial charge in [-0.2, -0.15) is 0 Å². The second-order valence-electron chi connectivity index (χ2n) is 7.50. The molecule has 0 spiro atoms. The standard InChI is InChI=1S/C25H23BrClFN2O3/c1-3-15(2)16-7-10-23(20(26)12-16)33-14-24(31)29-18-6-4-5-17(11-18)25(32)30-19-8-9-22(28)21(27)13-19/h4-13,15H,3,14H2,1-2H3,(H,29,31)(H,30,32). The van der Waals surface area contributed by atoms with Gasteiger partial charge in [0, 0.05) is 16.9 Å². The molecule has 0 saturated heterocycles. The summed E-state index contributed by atoms with van der Waals surface area (Å²) in [6.45, 7) is 4.09. The number of halogens is 3. The van der Waals surface area contributed by atoms with Crippen LogP contribution in [0.3, 0.4) is 0 Å². The molecule has 3 aromatic carbocycles. The minimum absolute atomic E-state index is 0.0880. The van der Waals surface area contributed by atoms with Gasteiger partial charge in [-0.25, -0.2) is 4.39 Å². The summed E-state index contributed by atoms with van der Waals surface area (Å²) in [6, 6.07) is 16.2. The van der Waals surface area contributed by atoms with Crippen LogP contribution in [0.4, 0.5) is 15.8 Å². The first-order valence-corrected chi connectivity index (χ1v) is 11.5. The maximum Gasteiger partial charge on any atom is 0.262 e. The van der Waals surface area contributed by atoms with Crippen LogP contribution in [0.2, 0.25) is 5.02 Å². The Balaban J connectivity index is 1.59. The molecule has 3 aromatic rings. The zero-order chi connectivity index (χ0) is 24.0. The van der Waals surface area contributed by atoms with Gasteiger partial charge in [-0.05, 0) is 82.4 Å². The van der Waals surface area contributed by atoms with E-state index in [1.54, 1.807) is 18.2 Å². The van der Waals surface area contributed by atoms with Crippen LogP contribution in [-0.2, 0) is 4.79 Å². The molecule has 0 fully saturated rings. The first-order valence-electron chi connectivity index (χ1n) is 10.4. The highest BCUT2D eigenvalue weighted by Gasteiger charge is 2.12. The first kappa shape index (κ1) is 24.7. The lowest BCUT2D eigenvalue weighted by atomic mass is 9.99. The molecule has 0 heterocycles. The average molecular weight is 534 g/mol. The second-order valence-corrected chi connectivity index (χ2v) is 8.76. The highest BCUT2D eigenvalue weighted by molar-refractivity contribution is 9.10. The molecule has 0 bridgehead atoms. The molecule has 0 aliphatic heterocycles. The Hall–Kier alpha value is -2.90. The maximum atomic E-state index is 13.3. The largest absolute Gasteiger partial charge is 0.483 e. The number of carbonyl (C=O) groups excluding carboxylic acids is 2. The van der Waals surface area contributed by atoms with Gasteiger partial charge in [0.15, 0.2) is 6.61 Å².